The third kappa shape index (κ3) is 4.68. The highest BCUT2D eigenvalue weighted by Gasteiger charge is 2.16. The van der Waals surface area contributed by atoms with Gasteiger partial charge in [-0.1, -0.05) is 28.1 Å². The quantitative estimate of drug-likeness (QED) is 0.679. The van der Waals surface area contributed by atoms with Gasteiger partial charge in [-0.15, -0.1) is 0 Å². The van der Waals surface area contributed by atoms with Crippen LogP contribution in [0.4, 0.5) is 0 Å². The maximum atomic E-state index is 12.6. The lowest BCUT2D eigenvalue weighted by Crippen LogP contribution is -2.30. The molecule has 0 atom stereocenters. The number of nitrogens with zero attached hydrogens (tertiary/aromatic N) is 3. The summed E-state index contributed by atoms with van der Waals surface area (Å²) in [5.74, 6) is 0.312. The smallest absolute Gasteiger partial charge is 0.255 e. The average molecular weight is 427 g/mol. The fourth-order valence-corrected chi connectivity index (χ4v) is 2.96. The SMILES string of the molecule is Cc1nc(-c2cccnc2)[nH]c(=O)c1CC(=O)N(C)Cc1ccc(Br)cc1. The summed E-state index contributed by atoms with van der Waals surface area (Å²) in [5, 5.41) is 0. The van der Waals surface area contributed by atoms with Gasteiger partial charge in [-0.3, -0.25) is 14.6 Å². The molecule has 0 saturated heterocycles. The predicted octanol–water partition coefficient (Wildman–Crippen LogP) is 3.10. The normalized spacial score (nSPS) is 10.6. The van der Waals surface area contributed by atoms with Crippen LogP contribution in [0.5, 0.6) is 0 Å². The van der Waals surface area contributed by atoms with Crippen molar-refractivity contribution < 1.29 is 4.79 Å². The molecule has 27 heavy (non-hydrogen) atoms. The number of aromatic amines is 1. The van der Waals surface area contributed by atoms with Gasteiger partial charge in [-0.25, -0.2) is 4.98 Å². The van der Waals surface area contributed by atoms with Crippen LogP contribution < -0.4 is 5.56 Å². The molecule has 3 rings (SSSR count). The van der Waals surface area contributed by atoms with Crippen LogP contribution in [0.3, 0.4) is 0 Å². The van der Waals surface area contributed by atoms with Gasteiger partial charge in [-0.05, 0) is 36.8 Å². The second kappa shape index (κ2) is 8.26. The Morgan fingerprint density at radius 3 is 2.59 bits per heavy atom. The van der Waals surface area contributed by atoms with E-state index in [1.165, 1.54) is 0 Å². The molecule has 0 aliphatic heterocycles. The Hall–Kier alpha value is -2.80. The molecule has 1 amide bonds. The Balaban J connectivity index is 1.75. The molecular formula is C20H19BrN4O2. The molecule has 2 aromatic heterocycles. The first-order valence-electron chi connectivity index (χ1n) is 8.42. The number of carbonyl (C=O) groups is 1. The van der Waals surface area contributed by atoms with E-state index in [-0.39, 0.29) is 17.9 Å². The number of hydrogen-bond donors (Lipinski definition) is 1. The van der Waals surface area contributed by atoms with Crippen LogP contribution in [-0.4, -0.2) is 32.8 Å². The van der Waals surface area contributed by atoms with E-state index in [1.807, 2.05) is 30.3 Å². The van der Waals surface area contributed by atoms with E-state index in [2.05, 4.69) is 30.9 Å². The summed E-state index contributed by atoms with van der Waals surface area (Å²) in [5.41, 5.74) is 2.37. The van der Waals surface area contributed by atoms with Crippen LogP contribution in [0.25, 0.3) is 11.4 Å². The standard InChI is InChI=1S/C20H19BrN4O2/c1-13-17(20(27)24-19(23-13)15-4-3-9-22-11-15)10-18(26)25(2)12-14-5-7-16(21)8-6-14/h3-9,11H,10,12H2,1-2H3,(H,23,24,27). The van der Waals surface area contributed by atoms with Crippen molar-refractivity contribution in [3.05, 3.63) is 80.4 Å². The molecule has 0 fully saturated rings. The number of aromatic nitrogens is 3. The summed E-state index contributed by atoms with van der Waals surface area (Å²) in [6, 6.07) is 11.4. The number of H-pyrrole nitrogens is 1. The van der Waals surface area contributed by atoms with Crippen molar-refractivity contribution in [1.29, 1.82) is 0 Å². The van der Waals surface area contributed by atoms with Crippen molar-refractivity contribution in [3.8, 4) is 11.4 Å². The van der Waals surface area contributed by atoms with Crippen LogP contribution >= 0.6 is 15.9 Å². The molecule has 3 aromatic rings. The van der Waals surface area contributed by atoms with Crippen molar-refractivity contribution in [2.24, 2.45) is 0 Å². The first-order chi connectivity index (χ1) is 12.9. The molecule has 0 radical (unpaired) electrons. The van der Waals surface area contributed by atoms with Gasteiger partial charge >= 0.3 is 0 Å². The van der Waals surface area contributed by atoms with Gasteiger partial charge in [-0.2, -0.15) is 0 Å². The number of amides is 1. The molecule has 1 N–H and O–H groups in total. The third-order valence-corrected chi connectivity index (χ3v) is 4.77. The molecule has 0 aliphatic rings. The Labute approximate surface area is 165 Å². The highest BCUT2D eigenvalue weighted by Crippen LogP contribution is 2.14. The second-order valence-corrected chi connectivity index (χ2v) is 7.19. The number of rotatable bonds is 5. The lowest BCUT2D eigenvalue weighted by Gasteiger charge is -2.18. The molecule has 138 valence electrons. The summed E-state index contributed by atoms with van der Waals surface area (Å²) in [4.78, 5) is 37.9. The predicted molar refractivity (Wildman–Crippen MR) is 107 cm³/mol. The first-order valence-corrected chi connectivity index (χ1v) is 9.22. The fraction of sp³-hybridized carbons (Fsp3) is 0.200. The van der Waals surface area contributed by atoms with E-state index >= 15 is 0 Å². The Morgan fingerprint density at radius 1 is 1.22 bits per heavy atom. The molecule has 0 unspecified atom stereocenters. The Bertz CT molecular complexity index is 1000. The molecule has 0 saturated carbocycles. The molecule has 2 heterocycles. The minimum atomic E-state index is -0.299. The van der Waals surface area contributed by atoms with E-state index in [0.29, 0.717) is 23.6 Å². The summed E-state index contributed by atoms with van der Waals surface area (Å²) in [7, 11) is 1.73. The van der Waals surface area contributed by atoms with Crippen molar-refractivity contribution in [1.82, 2.24) is 19.9 Å². The third-order valence-electron chi connectivity index (χ3n) is 4.24. The molecule has 0 spiro atoms. The molecule has 6 nitrogen and oxygen atoms in total. The number of hydrogen-bond acceptors (Lipinski definition) is 4. The number of carbonyl (C=O) groups excluding carboxylic acids is 1. The molecule has 0 bridgehead atoms. The van der Waals surface area contributed by atoms with Crippen LogP contribution in [0.1, 0.15) is 16.8 Å². The Kier molecular flexibility index (Phi) is 5.81. The van der Waals surface area contributed by atoms with E-state index in [9.17, 15) is 9.59 Å². The van der Waals surface area contributed by atoms with Crippen LogP contribution in [-0.2, 0) is 17.8 Å². The van der Waals surface area contributed by atoms with Gasteiger partial charge in [0.2, 0.25) is 5.91 Å². The summed E-state index contributed by atoms with van der Waals surface area (Å²) < 4.78 is 0.988. The summed E-state index contributed by atoms with van der Waals surface area (Å²) in [6.07, 6.45) is 3.30. The van der Waals surface area contributed by atoms with Gasteiger partial charge in [0, 0.05) is 47.3 Å². The van der Waals surface area contributed by atoms with Gasteiger partial charge < -0.3 is 9.88 Å². The second-order valence-electron chi connectivity index (χ2n) is 6.27. The number of likely N-dealkylation sites (N-methyl/N-ethyl adjacent to an activating group) is 1. The van der Waals surface area contributed by atoms with E-state index in [0.717, 1.165) is 15.6 Å². The maximum Gasteiger partial charge on any atom is 0.255 e. The topological polar surface area (TPSA) is 79.0 Å². The lowest BCUT2D eigenvalue weighted by atomic mass is 10.1. The zero-order chi connectivity index (χ0) is 19.4. The number of benzene rings is 1. The van der Waals surface area contributed by atoms with E-state index < -0.39 is 0 Å². The van der Waals surface area contributed by atoms with Gasteiger partial charge in [0.05, 0.1) is 6.42 Å². The monoisotopic (exact) mass is 426 g/mol. The van der Waals surface area contributed by atoms with Crippen molar-refractivity contribution >= 4 is 21.8 Å². The fourth-order valence-electron chi connectivity index (χ4n) is 2.70. The number of nitrogens with one attached hydrogen (secondary N) is 1. The zero-order valence-electron chi connectivity index (χ0n) is 15.1. The summed E-state index contributed by atoms with van der Waals surface area (Å²) >= 11 is 3.39. The molecule has 0 aliphatic carbocycles. The molecule has 7 heteroatoms. The van der Waals surface area contributed by atoms with Crippen LogP contribution in [0, 0.1) is 6.92 Å². The van der Waals surface area contributed by atoms with Gasteiger partial charge in [0.1, 0.15) is 5.82 Å². The number of aryl methyl sites for hydroxylation is 1. The number of halogens is 1. The largest absolute Gasteiger partial charge is 0.341 e. The number of pyridine rings is 1. The van der Waals surface area contributed by atoms with Crippen molar-refractivity contribution in [2.45, 2.75) is 19.9 Å². The lowest BCUT2D eigenvalue weighted by molar-refractivity contribution is -0.129. The summed E-state index contributed by atoms with van der Waals surface area (Å²) in [6.45, 7) is 2.22. The minimum absolute atomic E-state index is 0.00845. The maximum absolute atomic E-state index is 12.6. The van der Waals surface area contributed by atoms with E-state index in [4.69, 9.17) is 0 Å². The van der Waals surface area contributed by atoms with Gasteiger partial charge in [0.25, 0.3) is 5.56 Å². The Morgan fingerprint density at radius 2 is 1.96 bits per heavy atom. The zero-order valence-corrected chi connectivity index (χ0v) is 16.7. The average Bonchev–Trinajstić information content (AvgIpc) is 2.66. The van der Waals surface area contributed by atoms with Crippen molar-refractivity contribution in [3.63, 3.8) is 0 Å². The van der Waals surface area contributed by atoms with Crippen molar-refractivity contribution in [2.75, 3.05) is 7.05 Å². The highest BCUT2D eigenvalue weighted by atomic mass is 79.9. The molecule has 1 aromatic carbocycles. The van der Waals surface area contributed by atoms with Crippen LogP contribution in [0.2, 0.25) is 0 Å². The first kappa shape index (κ1) is 19.0. The van der Waals surface area contributed by atoms with E-state index in [1.54, 1.807) is 37.3 Å². The minimum Gasteiger partial charge on any atom is -0.341 e. The molecular weight excluding hydrogens is 408 g/mol. The van der Waals surface area contributed by atoms with Crippen LogP contribution in [0.15, 0.2) is 58.1 Å². The van der Waals surface area contributed by atoms with Gasteiger partial charge in [0.15, 0.2) is 0 Å². The highest BCUT2D eigenvalue weighted by molar-refractivity contribution is 9.10.